The second-order valence-electron chi connectivity index (χ2n) is 11.0. The number of hydrogen-bond donors (Lipinski definition) is 4. The van der Waals surface area contributed by atoms with Crippen LogP contribution in [0.2, 0.25) is 0 Å². The van der Waals surface area contributed by atoms with E-state index in [1.165, 1.54) is 36.9 Å². The first-order valence-electron chi connectivity index (χ1n) is 14.1. The second kappa shape index (κ2) is 15.4. The number of aliphatic carboxylic acids is 2. The summed E-state index contributed by atoms with van der Waals surface area (Å²) in [4.78, 5) is 33.1. The van der Waals surface area contributed by atoms with E-state index in [4.69, 9.17) is 19.8 Å². The molecule has 2 aromatic carbocycles. The van der Waals surface area contributed by atoms with Crippen molar-refractivity contribution in [1.82, 2.24) is 15.5 Å². The number of carboxylic acids is 2. The number of piperidine rings is 1. The summed E-state index contributed by atoms with van der Waals surface area (Å²) in [6.07, 6.45) is -4.13. The number of rotatable bonds is 8. The van der Waals surface area contributed by atoms with Crippen molar-refractivity contribution in [2.75, 3.05) is 19.6 Å². The Morgan fingerprint density at radius 3 is 1.91 bits per heavy atom. The molecule has 2 aliphatic carbocycles. The van der Waals surface area contributed by atoms with Crippen molar-refractivity contribution in [3.8, 4) is 0 Å². The number of halogens is 6. The number of benzene rings is 2. The van der Waals surface area contributed by atoms with Crippen LogP contribution >= 0.6 is 0 Å². The maximum atomic E-state index is 12.8. The maximum absolute atomic E-state index is 12.8. The lowest BCUT2D eigenvalue weighted by atomic mass is 10.0. The van der Waals surface area contributed by atoms with E-state index in [0.29, 0.717) is 12.0 Å². The van der Waals surface area contributed by atoms with Crippen molar-refractivity contribution < 1.29 is 50.9 Å². The molecule has 3 fully saturated rings. The minimum Gasteiger partial charge on any atom is -0.475 e. The lowest BCUT2D eigenvalue weighted by Crippen LogP contribution is -2.44. The molecule has 8 nitrogen and oxygen atoms in total. The van der Waals surface area contributed by atoms with Crippen LogP contribution < -0.4 is 10.6 Å². The normalized spacial score (nSPS) is 20.3. The van der Waals surface area contributed by atoms with Gasteiger partial charge in [-0.15, -0.1) is 0 Å². The van der Waals surface area contributed by atoms with Crippen LogP contribution in [0.5, 0.6) is 0 Å². The molecule has 14 heteroatoms. The van der Waals surface area contributed by atoms with Crippen LogP contribution in [-0.4, -0.2) is 77.0 Å². The number of amides is 1. The number of hydrogen-bond acceptors (Lipinski definition) is 5. The zero-order chi connectivity index (χ0) is 32.5. The molecule has 0 unspecified atom stereocenters. The van der Waals surface area contributed by atoms with Gasteiger partial charge in [-0.2, -0.15) is 26.3 Å². The van der Waals surface area contributed by atoms with Crippen LogP contribution in [0.15, 0.2) is 54.6 Å². The second-order valence-corrected chi connectivity index (χ2v) is 11.0. The molecular weight excluding hydrogens is 596 g/mol. The summed E-state index contributed by atoms with van der Waals surface area (Å²) in [5.41, 5.74) is 3.49. The van der Waals surface area contributed by atoms with Crippen LogP contribution in [0, 0.1) is 5.92 Å². The standard InChI is InChI=1S/C26H33N3O.2C2HF3O2/c30-26(28-23-11-13-29(14-12-23)18-20-5-2-1-3-6-20)22-8-4-7-21(15-22)24-16-25(24)27-17-19-9-10-19;2*3-2(4,5)1(6)7/h1-8,15,19,23-25,27H,9-14,16-18H2,(H,28,30);2*(H,6,7)/t24-,25+;;/m0../s1. The predicted octanol–water partition coefficient (Wildman–Crippen LogP) is 5.20. The third-order valence-electron chi connectivity index (χ3n) is 7.39. The summed E-state index contributed by atoms with van der Waals surface area (Å²) in [6.45, 7) is 4.25. The summed E-state index contributed by atoms with van der Waals surface area (Å²) in [5.74, 6) is -3.93. The molecule has 3 aliphatic rings. The van der Waals surface area contributed by atoms with E-state index >= 15 is 0 Å². The van der Waals surface area contributed by atoms with Crippen LogP contribution in [0.1, 0.15) is 59.5 Å². The zero-order valence-electron chi connectivity index (χ0n) is 23.7. The highest BCUT2D eigenvalue weighted by molar-refractivity contribution is 5.94. The topological polar surface area (TPSA) is 119 Å². The highest BCUT2D eigenvalue weighted by atomic mass is 19.4. The maximum Gasteiger partial charge on any atom is 0.490 e. The van der Waals surface area contributed by atoms with Gasteiger partial charge in [0.1, 0.15) is 0 Å². The molecule has 2 aromatic rings. The Bertz CT molecular complexity index is 1220. The molecule has 1 amide bonds. The fraction of sp³-hybridized carbons (Fsp3) is 0.500. The molecule has 2 saturated carbocycles. The fourth-order valence-electron chi connectivity index (χ4n) is 4.69. The van der Waals surface area contributed by atoms with Gasteiger partial charge in [0.15, 0.2) is 0 Å². The summed E-state index contributed by atoms with van der Waals surface area (Å²) >= 11 is 0. The van der Waals surface area contributed by atoms with Gasteiger partial charge < -0.3 is 20.8 Å². The number of likely N-dealkylation sites (tertiary alicyclic amines) is 1. The first-order valence-corrected chi connectivity index (χ1v) is 14.1. The van der Waals surface area contributed by atoms with E-state index in [2.05, 4.69) is 58.0 Å². The first-order chi connectivity index (χ1) is 20.6. The van der Waals surface area contributed by atoms with Crippen molar-refractivity contribution in [2.24, 2.45) is 5.92 Å². The highest BCUT2D eigenvalue weighted by Crippen LogP contribution is 2.41. The average molecular weight is 632 g/mol. The largest absolute Gasteiger partial charge is 0.490 e. The molecule has 242 valence electrons. The molecule has 44 heavy (non-hydrogen) atoms. The first kappa shape index (κ1) is 34.8. The average Bonchev–Trinajstić information content (AvgIpc) is 3.89. The quantitative estimate of drug-likeness (QED) is 0.296. The number of carboxylic acid groups (broad SMARTS) is 2. The number of nitrogens with zero attached hydrogens (tertiary/aromatic N) is 1. The predicted molar refractivity (Wildman–Crippen MR) is 148 cm³/mol. The summed E-state index contributed by atoms with van der Waals surface area (Å²) in [5, 5.41) is 21.2. The Morgan fingerprint density at radius 1 is 0.818 bits per heavy atom. The van der Waals surface area contributed by atoms with Crippen molar-refractivity contribution >= 4 is 17.8 Å². The van der Waals surface area contributed by atoms with Crippen molar-refractivity contribution in [2.45, 2.75) is 69.0 Å². The number of carbonyl (C=O) groups is 3. The van der Waals surface area contributed by atoms with Crippen LogP contribution in [0.3, 0.4) is 0 Å². The molecule has 2 atom stereocenters. The van der Waals surface area contributed by atoms with Crippen molar-refractivity contribution in [3.63, 3.8) is 0 Å². The van der Waals surface area contributed by atoms with Crippen molar-refractivity contribution in [1.29, 1.82) is 0 Å². The van der Waals surface area contributed by atoms with Gasteiger partial charge in [-0.1, -0.05) is 42.5 Å². The summed E-state index contributed by atoms with van der Waals surface area (Å²) in [6, 6.07) is 19.8. The van der Waals surface area contributed by atoms with Gasteiger partial charge in [-0.05, 0) is 67.8 Å². The lowest BCUT2D eigenvalue weighted by Gasteiger charge is -2.32. The molecule has 1 saturated heterocycles. The molecule has 1 aliphatic heterocycles. The van der Waals surface area contributed by atoms with E-state index in [0.717, 1.165) is 44.0 Å². The van der Waals surface area contributed by atoms with Crippen LogP contribution in [0.4, 0.5) is 26.3 Å². The summed E-state index contributed by atoms with van der Waals surface area (Å²) in [7, 11) is 0. The molecule has 5 rings (SSSR count). The number of alkyl halides is 6. The molecule has 0 spiro atoms. The Kier molecular flexibility index (Phi) is 12.2. The van der Waals surface area contributed by atoms with Crippen LogP contribution in [-0.2, 0) is 16.1 Å². The van der Waals surface area contributed by atoms with Crippen molar-refractivity contribution in [3.05, 3.63) is 71.3 Å². The van der Waals surface area contributed by atoms with E-state index in [1.807, 2.05) is 12.1 Å². The van der Waals surface area contributed by atoms with E-state index in [1.54, 1.807) is 0 Å². The molecule has 1 heterocycles. The third-order valence-corrected chi connectivity index (χ3v) is 7.39. The monoisotopic (exact) mass is 631 g/mol. The Morgan fingerprint density at radius 2 is 1.39 bits per heavy atom. The van der Waals surface area contributed by atoms with Gasteiger partial charge in [0, 0.05) is 43.2 Å². The molecule has 0 bridgehead atoms. The SMILES string of the molecule is O=C(NC1CCN(Cc2ccccc2)CC1)c1cccc([C@@H]2C[C@H]2NCC2CC2)c1.O=C(O)C(F)(F)F.O=C(O)C(F)(F)F. The highest BCUT2D eigenvalue weighted by Gasteiger charge is 2.40. The molecular formula is C30H35F6N3O5. The van der Waals surface area contributed by atoms with E-state index in [9.17, 15) is 31.1 Å². The molecule has 4 N–H and O–H groups in total. The third kappa shape index (κ3) is 12.2. The zero-order valence-corrected chi connectivity index (χ0v) is 23.7. The number of carbonyl (C=O) groups excluding carboxylic acids is 1. The Labute approximate surface area is 250 Å². The lowest BCUT2D eigenvalue weighted by molar-refractivity contribution is -0.193. The smallest absolute Gasteiger partial charge is 0.475 e. The minimum atomic E-state index is -5.08. The fourth-order valence-corrected chi connectivity index (χ4v) is 4.69. The summed E-state index contributed by atoms with van der Waals surface area (Å²) < 4.78 is 63.5. The van der Waals surface area contributed by atoms with Gasteiger partial charge >= 0.3 is 24.3 Å². The Hall–Kier alpha value is -3.65. The Balaban J connectivity index is 0.000000317. The van der Waals surface area contributed by atoms with Gasteiger partial charge in [-0.25, -0.2) is 9.59 Å². The van der Waals surface area contributed by atoms with E-state index in [-0.39, 0.29) is 11.9 Å². The van der Waals surface area contributed by atoms with Gasteiger partial charge in [0.25, 0.3) is 5.91 Å². The van der Waals surface area contributed by atoms with Gasteiger partial charge in [0.2, 0.25) is 0 Å². The van der Waals surface area contributed by atoms with Gasteiger partial charge in [-0.3, -0.25) is 9.69 Å². The minimum absolute atomic E-state index is 0.0847. The molecule has 0 radical (unpaired) electrons. The van der Waals surface area contributed by atoms with E-state index < -0.39 is 24.3 Å². The molecule has 0 aromatic heterocycles. The van der Waals surface area contributed by atoms with Gasteiger partial charge in [0.05, 0.1) is 0 Å². The van der Waals surface area contributed by atoms with Crippen LogP contribution in [0.25, 0.3) is 0 Å². The number of nitrogens with one attached hydrogen (secondary N) is 2.